The van der Waals surface area contributed by atoms with E-state index in [9.17, 15) is 109 Å². The number of aryl methyl sites for hydroxylation is 4. The minimum absolute atomic E-state index is 0.0272. The summed E-state index contributed by atoms with van der Waals surface area (Å²) in [6, 6.07) is 17.8. The van der Waals surface area contributed by atoms with Crippen LogP contribution in [0, 0.1) is 27.7 Å². The molecule has 8 aromatic carbocycles. The summed E-state index contributed by atoms with van der Waals surface area (Å²) in [5.41, 5.74) is -0.986. The maximum absolute atomic E-state index is 13.8. The van der Waals surface area contributed by atoms with Crippen LogP contribution in [0.15, 0.2) is 160 Å². The van der Waals surface area contributed by atoms with Gasteiger partial charge in [-0.15, -0.1) is 0 Å². The molecule has 12 N–H and O–H groups in total. The second-order valence-electron chi connectivity index (χ2n) is 19.5. The highest BCUT2D eigenvalue weighted by Crippen LogP contribution is 2.41. The molecule has 0 aliphatic heterocycles. The Balaban J connectivity index is 0.994. The van der Waals surface area contributed by atoms with Crippen LogP contribution in [0.3, 0.4) is 0 Å². The summed E-state index contributed by atoms with van der Waals surface area (Å²) in [5.74, 6) is -1.84. The van der Waals surface area contributed by atoms with Crippen LogP contribution < -0.4 is 30.7 Å². The minimum atomic E-state index is -5.43. The Morgan fingerprint density at radius 1 is 0.322 bits per heavy atom. The first-order valence-corrected chi connectivity index (χ1v) is 36.1. The van der Waals surface area contributed by atoms with Crippen molar-refractivity contribution < 1.29 is 109 Å². The molecule has 0 aromatic heterocycles. The van der Waals surface area contributed by atoms with Gasteiger partial charge in [0.2, 0.25) is 0 Å². The third-order valence-electron chi connectivity index (χ3n) is 13.2. The van der Waals surface area contributed by atoms with Gasteiger partial charge in [-0.3, -0.25) is 36.9 Å². The number of fused-ring (bicyclic) bond motifs is 2. The first kappa shape index (κ1) is 67.4. The molecule has 0 radical (unpaired) electrons. The first-order chi connectivity index (χ1) is 41.2. The fraction of sp³-hybridized carbons (Fsp3) is 0.0784. The van der Waals surface area contributed by atoms with Crippen molar-refractivity contribution in [2.24, 2.45) is 0 Å². The molecule has 0 unspecified atom stereocenters. The second-order valence-corrected chi connectivity index (χ2v) is 31.2. The molecule has 0 aliphatic carbocycles. The van der Waals surface area contributed by atoms with Gasteiger partial charge in [-0.1, -0.05) is 24.3 Å². The Hall–Kier alpha value is -8.55. The molecule has 4 amide bonds. The monoisotopic (exact) mass is 1400 g/mol. The Labute approximate surface area is 512 Å². The average molecular weight is 1400 g/mol. The van der Waals surface area contributed by atoms with Crippen molar-refractivity contribution in [3.8, 4) is 0 Å². The number of amides is 4. The van der Waals surface area contributed by atoms with Crippen molar-refractivity contribution in [2.45, 2.75) is 66.9 Å². The van der Waals surface area contributed by atoms with Crippen molar-refractivity contribution in [3.05, 3.63) is 155 Å². The third-order valence-corrected chi connectivity index (χ3v) is 21.4. The van der Waals surface area contributed by atoms with Gasteiger partial charge < -0.3 is 21.3 Å². The number of carbonyl (C=O) groups excluding carboxylic acids is 3. The van der Waals surface area contributed by atoms with Gasteiger partial charge in [0.25, 0.3) is 92.6 Å². The molecule has 8 aromatic rings. The predicted octanol–water partition coefficient (Wildman–Crippen LogP) is 6.08. The number of urea groups is 1. The lowest BCUT2D eigenvalue weighted by Gasteiger charge is -2.17. The smallest absolute Gasteiger partial charge is 0.342 e. The normalized spacial score (nSPS) is 12.7. The SMILES string of the molecule is Cc1ccc(Nc2ccc(S(=O)(=O)O)c3cc(S(=O)(=O)O)cc(S(=O)(=O)O)c23)cc1C(=O)Nc1ccc(C)c(S(=O)(=O)NC(=O)NS(=O)(=O)c2cc(NC(=O)c3cc(Nc4ccc(S(=O)(=O)O)c5cc(S(=O)(=O)O)cc(S(=O)(=O)O)c45)ccc3C)ccc2C)c1. The zero-order chi connectivity index (χ0) is 67.0. The van der Waals surface area contributed by atoms with E-state index in [4.69, 9.17) is 0 Å². The van der Waals surface area contributed by atoms with Crippen LogP contribution >= 0.6 is 0 Å². The zero-order valence-electron chi connectivity index (χ0n) is 45.8. The Bertz CT molecular complexity index is 5120. The number of hydrogen-bond acceptors (Lipinski definition) is 21. The average Bonchev–Trinajstić information content (AvgIpc) is 0.749. The van der Waals surface area contributed by atoms with Gasteiger partial charge in [-0.2, -0.15) is 50.5 Å². The van der Waals surface area contributed by atoms with E-state index >= 15 is 0 Å². The highest BCUT2D eigenvalue weighted by molar-refractivity contribution is 7.91. The van der Waals surface area contributed by atoms with Crippen molar-refractivity contribution in [1.82, 2.24) is 9.44 Å². The minimum Gasteiger partial charge on any atom is -0.355 e. The van der Waals surface area contributed by atoms with Crippen LogP contribution in [0.2, 0.25) is 0 Å². The van der Waals surface area contributed by atoms with Crippen molar-refractivity contribution in [3.63, 3.8) is 0 Å². The van der Waals surface area contributed by atoms with Gasteiger partial charge in [-0.25, -0.2) is 31.1 Å². The summed E-state index contributed by atoms with van der Waals surface area (Å²) < 4.78 is 265. The lowest BCUT2D eigenvalue weighted by molar-refractivity contribution is 0.101. The van der Waals surface area contributed by atoms with Gasteiger partial charge in [0.05, 0.1) is 19.6 Å². The van der Waals surface area contributed by atoms with E-state index in [2.05, 4.69) is 21.3 Å². The lowest BCUT2D eigenvalue weighted by Crippen LogP contribution is -2.42. The van der Waals surface area contributed by atoms with E-state index in [1.165, 1.54) is 88.4 Å². The van der Waals surface area contributed by atoms with Gasteiger partial charge in [0.1, 0.15) is 19.6 Å². The summed E-state index contributed by atoms with van der Waals surface area (Å²) in [6.07, 6.45) is 0. The maximum atomic E-state index is 13.8. The molecule has 476 valence electrons. The molecule has 0 fully saturated rings. The van der Waals surface area contributed by atoms with E-state index in [0.29, 0.717) is 24.3 Å². The predicted molar refractivity (Wildman–Crippen MR) is 320 cm³/mol. The lowest BCUT2D eigenvalue weighted by atomic mass is 10.1. The molecule has 90 heavy (non-hydrogen) atoms. The van der Waals surface area contributed by atoms with E-state index in [1.54, 1.807) is 9.44 Å². The van der Waals surface area contributed by atoms with Gasteiger partial charge in [0.15, 0.2) is 0 Å². The summed E-state index contributed by atoms with van der Waals surface area (Å²) in [4.78, 5) is 32.8. The van der Waals surface area contributed by atoms with Crippen LogP contribution in [0.4, 0.5) is 38.9 Å². The molecular formula is C51H44N6O25S8. The number of sulfonamides is 2. The summed E-state index contributed by atoms with van der Waals surface area (Å²) in [6.45, 7) is 5.52. The van der Waals surface area contributed by atoms with Crippen LogP contribution in [0.1, 0.15) is 43.0 Å². The van der Waals surface area contributed by atoms with Crippen LogP contribution in [0.5, 0.6) is 0 Å². The summed E-state index contributed by atoms with van der Waals surface area (Å²) in [5, 5.41) is 7.43. The van der Waals surface area contributed by atoms with E-state index < -0.39 is 159 Å². The second kappa shape index (κ2) is 23.7. The summed E-state index contributed by atoms with van der Waals surface area (Å²) >= 11 is 0. The van der Waals surface area contributed by atoms with E-state index in [-0.39, 0.29) is 67.5 Å². The van der Waals surface area contributed by atoms with Crippen molar-refractivity contribution in [1.29, 1.82) is 0 Å². The topological polar surface area (TPSA) is 518 Å². The molecule has 0 saturated carbocycles. The Morgan fingerprint density at radius 3 is 0.944 bits per heavy atom. The van der Waals surface area contributed by atoms with Gasteiger partial charge in [-0.05, 0) is 147 Å². The fourth-order valence-electron chi connectivity index (χ4n) is 9.06. The summed E-state index contributed by atoms with van der Waals surface area (Å²) in [7, 11) is -41.9. The van der Waals surface area contributed by atoms with Crippen LogP contribution in [0.25, 0.3) is 21.5 Å². The Kier molecular flexibility index (Phi) is 17.7. The van der Waals surface area contributed by atoms with Crippen molar-refractivity contribution >= 4 is 154 Å². The number of rotatable bonds is 18. The van der Waals surface area contributed by atoms with Crippen LogP contribution in [-0.2, 0) is 80.8 Å². The molecule has 0 heterocycles. The number of hydrogen-bond donors (Lipinski definition) is 12. The molecule has 39 heteroatoms. The number of benzene rings is 8. The number of nitrogens with one attached hydrogen (secondary N) is 6. The van der Waals surface area contributed by atoms with Crippen LogP contribution in [-0.4, -0.2) is 113 Å². The molecule has 0 atom stereocenters. The quantitative estimate of drug-likeness (QED) is 0.0433. The fourth-order valence-corrected chi connectivity index (χ4v) is 15.6. The molecular weight excluding hydrogens is 1350 g/mol. The molecule has 0 spiro atoms. The third kappa shape index (κ3) is 14.5. The van der Waals surface area contributed by atoms with Crippen molar-refractivity contribution in [2.75, 3.05) is 21.3 Å². The molecule has 31 nitrogen and oxygen atoms in total. The highest BCUT2D eigenvalue weighted by Gasteiger charge is 2.31. The highest BCUT2D eigenvalue weighted by atomic mass is 32.2. The standard InChI is InChI=1S/C51H44N6O25S8/c1-25-5-9-29(52-39-13-15-41(87(71,72)73)37-21-33(85(65,66)67)23-45(47(37)39)89(77,78)79)17-35(25)49(58)54-31-11-7-27(3)43(19-31)83(61,62)56-51(60)57-84(63,64)44-20-32(12-8-28(44)4)55-50(59)36-18-30(10-6-26(36)2)53-40-14-16-42(88(74,75)76)38-22-34(86(68,69)70)24-46(48(38)40)90(80,81)82/h5-24,52-53H,1-4H3,(H,54,58)(H,55,59)(H2,56,57,60)(H,65,66,67)(H,68,69,70)(H,71,72,73)(H,74,75,76)(H,77,78,79)(H,80,81,82). The van der Waals surface area contributed by atoms with E-state index in [1.807, 2.05) is 0 Å². The molecule has 0 aliphatic rings. The maximum Gasteiger partial charge on any atom is 0.342 e. The Morgan fingerprint density at radius 2 is 0.633 bits per heavy atom. The number of carbonyl (C=O) groups is 3. The molecule has 0 bridgehead atoms. The largest absolute Gasteiger partial charge is 0.355 e. The van der Waals surface area contributed by atoms with Gasteiger partial charge in [0, 0.05) is 66.8 Å². The molecule has 8 rings (SSSR count). The van der Waals surface area contributed by atoms with E-state index in [0.717, 1.165) is 36.4 Å². The van der Waals surface area contributed by atoms with Gasteiger partial charge >= 0.3 is 6.03 Å². The first-order valence-electron chi connectivity index (χ1n) is 24.5. The molecule has 0 saturated heterocycles. The zero-order valence-corrected chi connectivity index (χ0v) is 52.3. The number of anilines is 6.